The van der Waals surface area contributed by atoms with Crippen molar-refractivity contribution in [3.05, 3.63) is 63.1 Å². The number of sulfone groups is 1. The number of amides is 1. The maximum Gasteiger partial charge on any atom is 0.239 e. The molecule has 2 aromatic carbocycles. The van der Waals surface area contributed by atoms with Crippen LogP contribution < -0.4 is 5.32 Å². The van der Waals surface area contributed by atoms with Gasteiger partial charge in [0, 0.05) is 5.02 Å². The van der Waals surface area contributed by atoms with E-state index < -0.39 is 21.5 Å². The van der Waals surface area contributed by atoms with Crippen molar-refractivity contribution in [2.24, 2.45) is 0 Å². The van der Waals surface area contributed by atoms with Crippen LogP contribution in [0.5, 0.6) is 0 Å². The highest BCUT2D eigenvalue weighted by Crippen LogP contribution is 2.27. The fourth-order valence-electron chi connectivity index (χ4n) is 2.33. The fraction of sp³-hybridized carbons (Fsp3) is 0.235. The molecule has 0 unspecified atom stereocenters. The molecule has 1 N–H and O–H groups in total. The SMILES string of the molecule is Cc1cc(C)c(NC(=O)CS(=O)(=O)Cc2ccc(Cl)cc2)c(Cl)c1. The van der Waals surface area contributed by atoms with Gasteiger partial charge >= 0.3 is 0 Å². The number of rotatable bonds is 5. The number of aryl methyl sites for hydroxylation is 2. The topological polar surface area (TPSA) is 63.2 Å². The zero-order valence-electron chi connectivity index (χ0n) is 13.3. The average molecular weight is 386 g/mol. The predicted molar refractivity (Wildman–Crippen MR) is 98.5 cm³/mol. The number of carbonyl (C=O) groups is 1. The molecule has 4 nitrogen and oxygen atoms in total. The second-order valence-electron chi connectivity index (χ2n) is 5.65. The molecule has 0 saturated heterocycles. The summed E-state index contributed by atoms with van der Waals surface area (Å²) < 4.78 is 24.4. The number of hydrogen-bond acceptors (Lipinski definition) is 3. The Labute approximate surface area is 151 Å². The van der Waals surface area contributed by atoms with E-state index in [1.54, 1.807) is 37.3 Å². The van der Waals surface area contributed by atoms with Gasteiger partial charge in [-0.3, -0.25) is 4.79 Å². The van der Waals surface area contributed by atoms with Gasteiger partial charge in [0.05, 0.1) is 16.5 Å². The lowest BCUT2D eigenvalue weighted by Crippen LogP contribution is -2.24. The summed E-state index contributed by atoms with van der Waals surface area (Å²) in [5, 5.41) is 3.50. The molecule has 0 aliphatic carbocycles. The molecule has 128 valence electrons. The zero-order valence-corrected chi connectivity index (χ0v) is 15.6. The molecular formula is C17H17Cl2NO3S. The van der Waals surface area contributed by atoms with Crippen LogP contribution in [-0.4, -0.2) is 20.1 Å². The van der Waals surface area contributed by atoms with Crippen LogP contribution in [0.4, 0.5) is 5.69 Å². The molecule has 0 saturated carbocycles. The number of anilines is 1. The lowest BCUT2D eigenvalue weighted by atomic mass is 10.1. The van der Waals surface area contributed by atoms with Crippen molar-refractivity contribution in [3.8, 4) is 0 Å². The van der Waals surface area contributed by atoms with Crippen LogP contribution in [0.25, 0.3) is 0 Å². The smallest absolute Gasteiger partial charge is 0.239 e. The van der Waals surface area contributed by atoms with Crippen LogP contribution in [0.1, 0.15) is 16.7 Å². The largest absolute Gasteiger partial charge is 0.324 e. The normalized spacial score (nSPS) is 11.3. The third-order valence-corrected chi connectivity index (χ3v) is 5.37. The molecule has 7 heteroatoms. The third-order valence-electron chi connectivity index (χ3n) is 3.35. The summed E-state index contributed by atoms with van der Waals surface area (Å²) in [6.07, 6.45) is 0. The van der Waals surface area contributed by atoms with Crippen LogP contribution in [0, 0.1) is 13.8 Å². The maximum atomic E-state index is 12.2. The van der Waals surface area contributed by atoms with Gasteiger partial charge in [0.1, 0.15) is 5.75 Å². The molecule has 0 atom stereocenters. The first kappa shape index (κ1) is 18.8. The lowest BCUT2D eigenvalue weighted by Gasteiger charge is -2.12. The quantitative estimate of drug-likeness (QED) is 0.839. The van der Waals surface area contributed by atoms with Crippen molar-refractivity contribution < 1.29 is 13.2 Å². The van der Waals surface area contributed by atoms with Crippen molar-refractivity contribution in [1.29, 1.82) is 0 Å². The average Bonchev–Trinajstić information content (AvgIpc) is 2.44. The van der Waals surface area contributed by atoms with Gasteiger partial charge in [-0.25, -0.2) is 8.42 Å². The monoisotopic (exact) mass is 385 g/mol. The summed E-state index contributed by atoms with van der Waals surface area (Å²) in [6, 6.07) is 10.1. The Balaban J connectivity index is 2.07. The molecule has 2 aromatic rings. The van der Waals surface area contributed by atoms with Crippen LogP contribution in [-0.2, 0) is 20.4 Å². The molecule has 0 radical (unpaired) electrons. The molecule has 0 heterocycles. The van der Waals surface area contributed by atoms with Crippen molar-refractivity contribution in [2.45, 2.75) is 19.6 Å². The molecule has 0 bridgehead atoms. The van der Waals surface area contributed by atoms with Gasteiger partial charge < -0.3 is 5.32 Å². The number of hydrogen-bond donors (Lipinski definition) is 1. The summed E-state index contributed by atoms with van der Waals surface area (Å²) in [5.74, 6) is -1.45. The van der Waals surface area contributed by atoms with E-state index in [1.165, 1.54) is 0 Å². The Morgan fingerprint density at radius 1 is 1.08 bits per heavy atom. The second kappa shape index (κ2) is 7.55. The molecule has 0 aliphatic heterocycles. The highest BCUT2D eigenvalue weighted by Gasteiger charge is 2.19. The Kier molecular flexibility index (Phi) is 5.91. The van der Waals surface area contributed by atoms with Gasteiger partial charge in [-0.05, 0) is 48.7 Å². The molecule has 24 heavy (non-hydrogen) atoms. The van der Waals surface area contributed by atoms with Gasteiger partial charge in [0.15, 0.2) is 9.84 Å². The van der Waals surface area contributed by atoms with Gasteiger partial charge in [-0.15, -0.1) is 0 Å². The standard InChI is InChI=1S/C17H17Cl2NO3S/c1-11-7-12(2)17(15(19)8-11)20-16(21)10-24(22,23)9-13-3-5-14(18)6-4-13/h3-8H,9-10H2,1-2H3,(H,20,21). The Hall–Kier alpha value is -1.56. The molecule has 2 rings (SSSR count). The Bertz CT molecular complexity index is 839. The predicted octanol–water partition coefficient (Wildman–Crippen LogP) is 4.16. The molecule has 0 aromatic heterocycles. The van der Waals surface area contributed by atoms with E-state index in [0.717, 1.165) is 11.1 Å². The summed E-state index contributed by atoms with van der Waals surface area (Å²) in [4.78, 5) is 12.1. The lowest BCUT2D eigenvalue weighted by molar-refractivity contribution is -0.113. The van der Waals surface area contributed by atoms with Crippen molar-refractivity contribution >= 4 is 44.6 Å². The van der Waals surface area contributed by atoms with E-state index in [-0.39, 0.29) is 5.75 Å². The molecule has 0 spiro atoms. The van der Waals surface area contributed by atoms with Gasteiger partial charge in [-0.2, -0.15) is 0 Å². The van der Waals surface area contributed by atoms with Crippen molar-refractivity contribution in [2.75, 3.05) is 11.1 Å². The maximum absolute atomic E-state index is 12.2. The summed E-state index contributed by atoms with van der Waals surface area (Å²) in [5.41, 5.74) is 2.76. The third kappa shape index (κ3) is 5.23. The number of halogens is 2. The van der Waals surface area contributed by atoms with Crippen molar-refractivity contribution in [1.82, 2.24) is 0 Å². The first-order valence-electron chi connectivity index (χ1n) is 7.18. The number of benzene rings is 2. The van der Waals surface area contributed by atoms with E-state index in [9.17, 15) is 13.2 Å². The highest BCUT2D eigenvalue weighted by atomic mass is 35.5. The minimum absolute atomic E-state index is 0.224. The fourth-order valence-corrected chi connectivity index (χ4v) is 4.10. The summed E-state index contributed by atoms with van der Waals surface area (Å²) >= 11 is 11.9. The van der Waals surface area contributed by atoms with Crippen LogP contribution in [0.3, 0.4) is 0 Å². The first-order chi connectivity index (χ1) is 11.2. The zero-order chi connectivity index (χ0) is 17.9. The van der Waals surface area contributed by atoms with Crippen LogP contribution in [0.15, 0.2) is 36.4 Å². The summed E-state index contributed by atoms with van der Waals surface area (Å²) in [6.45, 7) is 3.69. The van der Waals surface area contributed by atoms with Gasteiger partial charge in [0.2, 0.25) is 5.91 Å². The molecular weight excluding hydrogens is 369 g/mol. The van der Waals surface area contributed by atoms with E-state index in [2.05, 4.69) is 5.32 Å². The van der Waals surface area contributed by atoms with Gasteiger partial charge in [0.25, 0.3) is 0 Å². The molecule has 1 amide bonds. The Morgan fingerprint density at radius 2 is 1.71 bits per heavy atom. The second-order valence-corrected chi connectivity index (χ2v) is 8.55. The van der Waals surface area contributed by atoms with E-state index >= 15 is 0 Å². The Morgan fingerprint density at radius 3 is 2.29 bits per heavy atom. The molecule has 0 fully saturated rings. The van der Waals surface area contributed by atoms with E-state index in [1.807, 2.05) is 13.0 Å². The van der Waals surface area contributed by atoms with E-state index in [0.29, 0.717) is 21.3 Å². The minimum Gasteiger partial charge on any atom is -0.324 e. The number of carbonyl (C=O) groups excluding carboxylic acids is 1. The van der Waals surface area contributed by atoms with Crippen LogP contribution >= 0.6 is 23.2 Å². The minimum atomic E-state index is -3.60. The van der Waals surface area contributed by atoms with Crippen molar-refractivity contribution in [3.63, 3.8) is 0 Å². The highest BCUT2D eigenvalue weighted by molar-refractivity contribution is 7.91. The van der Waals surface area contributed by atoms with Crippen LogP contribution in [0.2, 0.25) is 10.0 Å². The summed E-state index contributed by atoms with van der Waals surface area (Å²) in [7, 11) is -3.60. The molecule has 0 aliphatic rings. The van der Waals surface area contributed by atoms with E-state index in [4.69, 9.17) is 23.2 Å². The van der Waals surface area contributed by atoms with Gasteiger partial charge in [-0.1, -0.05) is 41.4 Å². The first-order valence-corrected chi connectivity index (χ1v) is 9.75. The number of nitrogens with one attached hydrogen (secondary N) is 1.